The predicted octanol–water partition coefficient (Wildman–Crippen LogP) is 2.28. The van der Waals surface area contributed by atoms with Crippen molar-refractivity contribution >= 4 is 5.78 Å². The molecule has 2 aliphatic rings. The number of ketones is 1. The topological polar surface area (TPSA) is 46.5 Å². The second kappa shape index (κ2) is 4.82. The van der Waals surface area contributed by atoms with Crippen LogP contribution in [-0.2, 0) is 11.2 Å². The molecule has 1 aliphatic heterocycles. The van der Waals surface area contributed by atoms with Gasteiger partial charge in [-0.05, 0) is 36.8 Å². The van der Waals surface area contributed by atoms with Gasteiger partial charge in [0.1, 0.15) is 0 Å². The Morgan fingerprint density at radius 3 is 2.78 bits per heavy atom. The van der Waals surface area contributed by atoms with Crippen LogP contribution in [0.2, 0.25) is 0 Å². The Kier molecular flexibility index (Phi) is 3.18. The maximum atomic E-state index is 12.5. The van der Waals surface area contributed by atoms with Crippen LogP contribution >= 0.6 is 0 Å². The van der Waals surface area contributed by atoms with E-state index in [1.54, 1.807) is 0 Å². The number of fused-ring (bicyclic) bond motifs is 1. The van der Waals surface area contributed by atoms with Gasteiger partial charge in [-0.3, -0.25) is 4.79 Å². The number of hydrogen-bond acceptors (Lipinski definition) is 3. The van der Waals surface area contributed by atoms with Gasteiger partial charge in [-0.15, -0.1) is 0 Å². The van der Waals surface area contributed by atoms with Crippen molar-refractivity contribution in [3.63, 3.8) is 0 Å². The first-order valence-corrected chi connectivity index (χ1v) is 6.69. The molecule has 96 valence electrons. The highest BCUT2D eigenvalue weighted by atomic mass is 16.5. The highest BCUT2D eigenvalue weighted by Crippen LogP contribution is 2.34. The van der Waals surface area contributed by atoms with Crippen molar-refractivity contribution < 1.29 is 14.6 Å². The molecular formula is C15H18O3. The Morgan fingerprint density at radius 1 is 1.22 bits per heavy atom. The summed E-state index contributed by atoms with van der Waals surface area (Å²) in [5.41, 5.74) is 2.85. The number of ether oxygens (including phenoxy) is 1. The minimum absolute atomic E-state index is 0.1000. The average Bonchev–Trinajstić information content (AvgIpc) is 2.81. The molecule has 1 aromatic rings. The Balaban J connectivity index is 1.90. The summed E-state index contributed by atoms with van der Waals surface area (Å²) < 4.78 is 5.30. The van der Waals surface area contributed by atoms with Crippen molar-refractivity contribution in [3.05, 3.63) is 34.9 Å². The molecule has 0 unspecified atom stereocenters. The summed E-state index contributed by atoms with van der Waals surface area (Å²) in [6, 6.07) is 5.74. The van der Waals surface area contributed by atoms with Crippen molar-refractivity contribution in [3.8, 4) is 0 Å². The molecule has 1 fully saturated rings. The average molecular weight is 246 g/mol. The quantitative estimate of drug-likeness (QED) is 0.814. The molecule has 3 nitrogen and oxygen atoms in total. The first-order chi connectivity index (χ1) is 8.77. The smallest absolute Gasteiger partial charge is 0.166 e. The van der Waals surface area contributed by atoms with E-state index in [0.717, 1.165) is 42.4 Å². The van der Waals surface area contributed by atoms with Crippen molar-refractivity contribution in [2.45, 2.75) is 31.8 Å². The fourth-order valence-electron chi connectivity index (χ4n) is 3.04. The van der Waals surface area contributed by atoms with E-state index in [2.05, 4.69) is 0 Å². The number of carbonyl (C=O) groups is 1. The standard InChI is InChI=1S/C15H18O3/c16-14-5-4-11-12(14)2-1-3-13(11)15(17)10-6-8-18-9-7-10/h1-3,10,14,16H,4-9H2/t14-/m0/s1. The lowest BCUT2D eigenvalue weighted by Gasteiger charge is -2.21. The highest BCUT2D eigenvalue weighted by molar-refractivity contribution is 5.99. The number of rotatable bonds is 2. The molecule has 3 heteroatoms. The molecule has 0 bridgehead atoms. The number of aliphatic hydroxyl groups excluding tert-OH is 1. The second-order valence-electron chi connectivity index (χ2n) is 5.18. The lowest BCUT2D eigenvalue weighted by atomic mass is 9.88. The second-order valence-corrected chi connectivity index (χ2v) is 5.18. The van der Waals surface area contributed by atoms with Crippen LogP contribution in [-0.4, -0.2) is 24.1 Å². The van der Waals surface area contributed by atoms with Gasteiger partial charge in [-0.25, -0.2) is 0 Å². The number of carbonyl (C=O) groups excluding carboxylic acids is 1. The first kappa shape index (κ1) is 11.9. The molecule has 1 aliphatic carbocycles. The van der Waals surface area contributed by atoms with Gasteiger partial charge in [-0.2, -0.15) is 0 Å². The van der Waals surface area contributed by atoms with Crippen molar-refractivity contribution in [1.82, 2.24) is 0 Å². The zero-order valence-electron chi connectivity index (χ0n) is 10.4. The van der Waals surface area contributed by atoms with E-state index >= 15 is 0 Å². The van der Waals surface area contributed by atoms with Crippen molar-refractivity contribution in [2.75, 3.05) is 13.2 Å². The summed E-state index contributed by atoms with van der Waals surface area (Å²) in [4.78, 5) is 12.5. The van der Waals surface area contributed by atoms with Gasteiger partial charge >= 0.3 is 0 Å². The number of Topliss-reactive ketones (excluding diaryl/α,β-unsaturated/α-hetero) is 1. The molecule has 0 saturated carbocycles. The van der Waals surface area contributed by atoms with Crippen LogP contribution in [0.15, 0.2) is 18.2 Å². The van der Waals surface area contributed by atoms with E-state index in [9.17, 15) is 9.90 Å². The molecule has 3 rings (SSSR count). The lowest BCUT2D eigenvalue weighted by molar-refractivity contribution is 0.0544. The maximum absolute atomic E-state index is 12.5. The van der Waals surface area contributed by atoms with Gasteiger partial charge in [0.25, 0.3) is 0 Å². The fraction of sp³-hybridized carbons (Fsp3) is 0.533. The Morgan fingerprint density at radius 2 is 2.00 bits per heavy atom. The van der Waals surface area contributed by atoms with Crippen LogP contribution in [0.4, 0.5) is 0 Å². The highest BCUT2D eigenvalue weighted by Gasteiger charge is 2.29. The zero-order valence-corrected chi connectivity index (χ0v) is 10.4. The molecule has 0 spiro atoms. The first-order valence-electron chi connectivity index (χ1n) is 6.69. The summed E-state index contributed by atoms with van der Waals surface area (Å²) in [5.74, 6) is 0.340. The van der Waals surface area contributed by atoms with Crippen LogP contribution in [0.5, 0.6) is 0 Å². The van der Waals surface area contributed by atoms with Gasteiger partial charge < -0.3 is 9.84 Å². The Hall–Kier alpha value is -1.19. The van der Waals surface area contributed by atoms with Crippen LogP contribution < -0.4 is 0 Å². The number of hydrogen-bond donors (Lipinski definition) is 1. The minimum atomic E-state index is -0.387. The van der Waals surface area contributed by atoms with E-state index in [1.807, 2.05) is 18.2 Å². The van der Waals surface area contributed by atoms with Gasteiger partial charge in [0.05, 0.1) is 6.10 Å². The van der Waals surface area contributed by atoms with E-state index in [4.69, 9.17) is 4.74 Å². The van der Waals surface area contributed by atoms with Crippen molar-refractivity contribution in [1.29, 1.82) is 0 Å². The maximum Gasteiger partial charge on any atom is 0.166 e. The molecule has 1 saturated heterocycles. The summed E-state index contributed by atoms with van der Waals surface area (Å²) in [5, 5.41) is 9.87. The molecule has 1 heterocycles. The van der Waals surface area contributed by atoms with Crippen LogP contribution in [0.25, 0.3) is 0 Å². The molecule has 1 aromatic carbocycles. The van der Waals surface area contributed by atoms with Crippen molar-refractivity contribution in [2.24, 2.45) is 5.92 Å². The summed E-state index contributed by atoms with van der Waals surface area (Å²) in [7, 11) is 0. The minimum Gasteiger partial charge on any atom is -0.388 e. The molecule has 0 radical (unpaired) electrons. The monoisotopic (exact) mass is 246 g/mol. The largest absolute Gasteiger partial charge is 0.388 e. The number of benzene rings is 1. The van der Waals surface area contributed by atoms with Crippen LogP contribution in [0, 0.1) is 5.92 Å². The molecule has 1 N–H and O–H groups in total. The molecule has 18 heavy (non-hydrogen) atoms. The fourth-order valence-corrected chi connectivity index (χ4v) is 3.04. The third kappa shape index (κ3) is 1.98. The SMILES string of the molecule is O=C(c1cccc2c1CC[C@@H]2O)C1CCOCC1. The van der Waals surface area contributed by atoms with E-state index in [0.29, 0.717) is 13.2 Å². The lowest BCUT2D eigenvalue weighted by Crippen LogP contribution is -2.24. The predicted molar refractivity (Wildman–Crippen MR) is 67.6 cm³/mol. The molecule has 1 atom stereocenters. The zero-order chi connectivity index (χ0) is 12.5. The summed E-state index contributed by atoms with van der Waals surface area (Å²) in [6.45, 7) is 1.38. The van der Waals surface area contributed by atoms with Gasteiger partial charge in [0.15, 0.2) is 5.78 Å². The number of aliphatic hydroxyl groups is 1. The summed E-state index contributed by atoms with van der Waals surface area (Å²) in [6.07, 6.45) is 2.83. The molecule has 0 aromatic heterocycles. The summed E-state index contributed by atoms with van der Waals surface area (Å²) >= 11 is 0. The third-order valence-corrected chi connectivity index (χ3v) is 4.10. The normalized spacial score (nSPS) is 23.9. The van der Waals surface area contributed by atoms with Crippen LogP contribution in [0.3, 0.4) is 0 Å². The van der Waals surface area contributed by atoms with Crippen LogP contribution in [0.1, 0.15) is 46.9 Å². The van der Waals surface area contributed by atoms with E-state index < -0.39 is 0 Å². The Bertz CT molecular complexity index is 461. The van der Waals surface area contributed by atoms with Gasteiger partial charge in [0.2, 0.25) is 0 Å². The van der Waals surface area contributed by atoms with Gasteiger partial charge in [0, 0.05) is 24.7 Å². The molecular weight excluding hydrogens is 228 g/mol. The third-order valence-electron chi connectivity index (χ3n) is 4.10. The van der Waals surface area contributed by atoms with E-state index in [-0.39, 0.29) is 17.8 Å². The molecule has 0 amide bonds. The van der Waals surface area contributed by atoms with Gasteiger partial charge in [-0.1, -0.05) is 18.2 Å². The Labute approximate surface area is 107 Å². The van der Waals surface area contributed by atoms with E-state index in [1.165, 1.54) is 0 Å².